The quantitative estimate of drug-likeness (QED) is 0.516. The molecule has 1 aliphatic rings. The Morgan fingerprint density at radius 3 is 2.35 bits per heavy atom. The summed E-state index contributed by atoms with van der Waals surface area (Å²) in [5.74, 6) is -0.497. The van der Waals surface area contributed by atoms with E-state index in [2.05, 4.69) is 5.32 Å². The third kappa shape index (κ3) is 5.33. The summed E-state index contributed by atoms with van der Waals surface area (Å²) in [6.45, 7) is 0.978. The van der Waals surface area contributed by atoms with Crippen molar-refractivity contribution < 1.29 is 23.8 Å². The van der Waals surface area contributed by atoms with Gasteiger partial charge in [-0.3, -0.25) is 0 Å². The lowest BCUT2D eigenvalue weighted by Gasteiger charge is -2.25. The number of allylic oxidation sites excluding steroid dienone is 2. The molecule has 3 rings (SSSR count). The summed E-state index contributed by atoms with van der Waals surface area (Å²) in [5, 5.41) is 3.32. The standard InChI is InChI=1S/C24H24N2O5/c1-29-23(27)19-12-8-9-16-26(22(19)24(28)30-2)21-14-7-6-13-20(21)25-15-17-31-18-10-4-3-5-11-18/h3-14,16,25H,15,17H2,1-2H3. The van der Waals surface area contributed by atoms with E-state index in [9.17, 15) is 9.59 Å². The molecule has 7 heteroatoms. The zero-order valence-electron chi connectivity index (χ0n) is 17.4. The van der Waals surface area contributed by atoms with Crippen LogP contribution < -0.4 is 15.0 Å². The lowest BCUT2D eigenvalue weighted by atomic mass is 10.1. The van der Waals surface area contributed by atoms with Gasteiger partial charge in [0.1, 0.15) is 18.1 Å². The van der Waals surface area contributed by atoms with Gasteiger partial charge in [0, 0.05) is 12.7 Å². The minimum Gasteiger partial charge on any atom is -0.492 e. The molecular weight excluding hydrogens is 396 g/mol. The van der Waals surface area contributed by atoms with Crippen LogP contribution in [0.15, 0.2) is 90.3 Å². The van der Waals surface area contributed by atoms with Gasteiger partial charge in [-0.15, -0.1) is 0 Å². The van der Waals surface area contributed by atoms with Crippen molar-refractivity contribution in [3.05, 3.63) is 90.3 Å². The topological polar surface area (TPSA) is 77.1 Å². The number of rotatable bonds is 8. The molecule has 0 amide bonds. The first-order chi connectivity index (χ1) is 15.2. The second-order valence-electron chi connectivity index (χ2n) is 6.42. The largest absolute Gasteiger partial charge is 0.492 e. The molecule has 0 aromatic heterocycles. The summed E-state index contributed by atoms with van der Waals surface area (Å²) in [6, 6.07) is 17.0. The number of hydrogen-bond donors (Lipinski definition) is 1. The SMILES string of the molecule is COC(=O)C1=C(C(=O)OC)N(c2ccccc2NCCOc2ccccc2)C=CC=C1. The van der Waals surface area contributed by atoms with Gasteiger partial charge in [-0.2, -0.15) is 0 Å². The number of nitrogens with zero attached hydrogens (tertiary/aromatic N) is 1. The van der Waals surface area contributed by atoms with Gasteiger partial charge in [0.15, 0.2) is 0 Å². The van der Waals surface area contributed by atoms with E-state index in [1.165, 1.54) is 20.3 Å². The van der Waals surface area contributed by atoms with Crippen LogP contribution in [0.25, 0.3) is 0 Å². The van der Waals surface area contributed by atoms with Gasteiger partial charge in [0.05, 0.1) is 31.2 Å². The van der Waals surface area contributed by atoms with Crippen LogP contribution in [-0.4, -0.2) is 39.3 Å². The van der Waals surface area contributed by atoms with Gasteiger partial charge >= 0.3 is 11.9 Å². The third-order valence-electron chi connectivity index (χ3n) is 4.48. The summed E-state index contributed by atoms with van der Waals surface area (Å²) >= 11 is 0. The van der Waals surface area contributed by atoms with Crippen molar-refractivity contribution in [1.82, 2.24) is 0 Å². The first-order valence-corrected chi connectivity index (χ1v) is 9.71. The summed E-state index contributed by atoms with van der Waals surface area (Å²) < 4.78 is 15.5. The van der Waals surface area contributed by atoms with Crippen molar-refractivity contribution in [2.75, 3.05) is 37.6 Å². The number of ether oxygens (including phenoxy) is 3. The van der Waals surface area contributed by atoms with Crippen LogP contribution in [0.2, 0.25) is 0 Å². The van der Waals surface area contributed by atoms with Gasteiger partial charge < -0.3 is 24.4 Å². The normalized spacial score (nSPS) is 12.9. The molecule has 160 valence electrons. The highest BCUT2D eigenvalue weighted by Gasteiger charge is 2.28. The van der Waals surface area contributed by atoms with Gasteiger partial charge in [-0.05, 0) is 36.4 Å². The Labute approximate surface area is 181 Å². The lowest BCUT2D eigenvalue weighted by Crippen LogP contribution is -2.27. The van der Waals surface area contributed by atoms with Crippen LogP contribution in [0.5, 0.6) is 5.75 Å². The molecule has 2 aromatic carbocycles. The van der Waals surface area contributed by atoms with E-state index in [4.69, 9.17) is 14.2 Å². The molecule has 0 fully saturated rings. The van der Waals surface area contributed by atoms with E-state index in [0.717, 1.165) is 11.4 Å². The molecule has 0 radical (unpaired) electrons. The molecule has 0 spiro atoms. The van der Waals surface area contributed by atoms with Crippen LogP contribution in [0.4, 0.5) is 11.4 Å². The second-order valence-corrected chi connectivity index (χ2v) is 6.42. The van der Waals surface area contributed by atoms with E-state index in [1.54, 1.807) is 23.3 Å². The van der Waals surface area contributed by atoms with Crippen LogP contribution in [0.1, 0.15) is 0 Å². The molecule has 0 aliphatic carbocycles. The van der Waals surface area contributed by atoms with Crippen LogP contribution in [0, 0.1) is 0 Å². The number of carbonyl (C=O) groups is 2. The average molecular weight is 420 g/mol. The van der Waals surface area contributed by atoms with Crippen molar-refractivity contribution in [1.29, 1.82) is 0 Å². The number of esters is 2. The number of para-hydroxylation sites is 3. The fraction of sp³-hybridized carbons (Fsp3) is 0.167. The van der Waals surface area contributed by atoms with Gasteiger partial charge in [0.25, 0.3) is 0 Å². The van der Waals surface area contributed by atoms with Crippen LogP contribution in [-0.2, 0) is 19.1 Å². The van der Waals surface area contributed by atoms with Gasteiger partial charge in [0.2, 0.25) is 0 Å². The second kappa shape index (κ2) is 10.7. The molecule has 7 nitrogen and oxygen atoms in total. The maximum Gasteiger partial charge on any atom is 0.355 e. The monoisotopic (exact) mass is 420 g/mol. The van der Waals surface area contributed by atoms with Crippen LogP contribution in [0.3, 0.4) is 0 Å². The maximum atomic E-state index is 12.6. The summed E-state index contributed by atoms with van der Waals surface area (Å²) in [6.07, 6.45) is 6.62. The summed E-state index contributed by atoms with van der Waals surface area (Å²) in [7, 11) is 2.54. The molecule has 1 N–H and O–H groups in total. The number of anilines is 2. The minimum absolute atomic E-state index is 0.0640. The van der Waals surface area contributed by atoms with Gasteiger partial charge in [-0.25, -0.2) is 9.59 Å². The van der Waals surface area contributed by atoms with E-state index < -0.39 is 11.9 Å². The Hall–Kier alpha value is -4.00. The Morgan fingerprint density at radius 2 is 1.61 bits per heavy atom. The number of hydrogen-bond acceptors (Lipinski definition) is 7. The number of benzene rings is 2. The predicted octanol–water partition coefficient (Wildman–Crippen LogP) is 3.67. The highest BCUT2D eigenvalue weighted by molar-refractivity contribution is 6.06. The zero-order chi connectivity index (χ0) is 22.1. The molecule has 0 saturated heterocycles. The van der Waals surface area contributed by atoms with E-state index in [1.807, 2.05) is 54.6 Å². The molecule has 2 aromatic rings. The lowest BCUT2D eigenvalue weighted by molar-refractivity contribution is -0.139. The van der Waals surface area contributed by atoms with Gasteiger partial charge in [-0.1, -0.05) is 36.4 Å². The number of carbonyl (C=O) groups excluding carboxylic acids is 2. The highest BCUT2D eigenvalue weighted by atomic mass is 16.5. The molecular formula is C24H24N2O5. The Bertz CT molecular complexity index is 1010. The first kappa shape index (κ1) is 21.7. The average Bonchev–Trinajstić information content (AvgIpc) is 3.05. The fourth-order valence-corrected chi connectivity index (χ4v) is 3.06. The first-order valence-electron chi connectivity index (χ1n) is 9.71. The molecule has 0 unspecified atom stereocenters. The smallest absolute Gasteiger partial charge is 0.355 e. The molecule has 1 heterocycles. The minimum atomic E-state index is -0.654. The van der Waals surface area contributed by atoms with Crippen molar-refractivity contribution in [3.63, 3.8) is 0 Å². The van der Waals surface area contributed by atoms with E-state index in [-0.39, 0.29) is 11.3 Å². The fourth-order valence-electron chi connectivity index (χ4n) is 3.06. The molecule has 31 heavy (non-hydrogen) atoms. The summed E-state index contributed by atoms with van der Waals surface area (Å²) in [4.78, 5) is 26.6. The molecule has 0 bridgehead atoms. The van der Waals surface area contributed by atoms with Crippen molar-refractivity contribution >= 4 is 23.3 Å². The molecule has 0 atom stereocenters. The maximum absolute atomic E-state index is 12.6. The van der Waals surface area contributed by atoms with Crippen molar-refractivity contribution in [2.24, 2.45) is 0 Å². The number of methoxy groups -OCH3 is 2. The Morgan fingerprint density at radius 1 is 0.903 bits per heavy atom. The highest BCUT2D eigenvalue weighted by Crippen LogP contribution is 2.32. The van der Waals surface area contributed by atoms with E-state index in [0.29, 0.717) is 18.8 Å². The summed E-state index contributed by atoms with van der Waals surface area (Å²) in [5.41, 5.74) is 1.59. The Kier molecular flexibility index (Phi) is 7.48. The third-order valence-corrected chi connectivity index (χ3v) is 4.48. The number of nitrogens with one attached hydrogen (secondary N) is 1. The van der Waals surface area contributed by atoms with Crippen molar-refractivity contribution in [2.45, 2.75) is 0 Å². The molecule has 0 saturated carbocycles. The zero-order valence-corrected chi connectivity index (χ0v) is 17.4. The predicted molar refractivity (Wildman–Crippen MR) is 119 cm³/mol. The Balaban J connectivity index is 1.86. The van der Waals surface area contributed by atoms with Crippen LogP contribution >= 0.6 is 0 Å². The van der Waals surface area contributed by atoms with E-state index >= 15 is 0 Å². The molecule has 1 aliphatic heterocycles. The van der Waals surface area contributed by atoms with Crippen molar-refractivity contribution in [3.8, 4) is 5.75 Å².